The van der Waals surface area contributed by atoms with E-state index in [0.29, 0.717) is 6.61 Å². The van der Waals surface area contributed by atoms with Gasteiger partial charge in [0.2, 0.25) is 0 Å². The average molecular weight is 288 g/mol. The largest absolute Gasteiger partial charge is 0.496 e. The van der Waals surface area contributed by atoms with Gasteiger partial charge < -0.3 is 20.5 Å². The first-order valence-corrected chi connectivity index (χ1v) is 6.51. The zero-order valence-corrected chi connectivity index (χ0v) is 11.9. The Labute approximate surface area is 123 Å². The Bertz CT molecular complexity index is 602. The van der Waals surface area contributed by atoms with E-state index in [1.165, 1.54) is 0 Å². The SMILES string of the molecule is COc1ccccc1COc1cccc(NC(N)=S)c1. The predicted octanol–water partition coefficient (Wildman–Crippen LogP) is 2.93. The van der Waals surface area contributed by atoms with Crippen molar-refractivity contribution in [1.82, 2.24) is 0 Å². The number of benzene rings is 2. The highest BCUT2D eigenvalue weighted by atomic mass is 32.1. The van der Waals surface area contributed by atoms with Gasteiger partial charge in [0.15, 0.2) is 5.11 Å². The molecular weight excluding hydrogens is 272 g/mol. The summed E-state index contributed by atoms with van der Waals surface area (Å²) in [7, 11) is 1.64. The molecule has 0 atom stereocenters. The minimum absolute atomic E-state index is 0.229. The van der Waals surface area contributed by atoms with E-state index in [-0.39, 0.29) is 5.11 Å². The molecule has 0 bridgehead atoms. The van der Waals surface area contributed by atoms with Gasteiger partial charge in [0, 0.05) is 17.3 Å². The van der Waals surface area contributed by atoms with E-state index in [1.807, 2.05) is 48.5 Å². The van der Waals surface area contributed by atoms with Crippen molar-refractivity contribution in [3.05, 3.63) is 54.1 Å². The molecule has 0 aliphatic carbocycles. The molecule has 0 saturated heterocycles. The molecule has 20 heavy (non-hydrogen) atoms. The fourth-order valence-corrected chi connectivity index (χ4v) is 1.91. The van der Waals surface area contributed by atoms with Crippen LogP contribution in [0.3, 0.4) is 0 Å². The number of nitrogens with one attached hydrogen (secondary N) is 1. The molecule has 104 valence electrons. The lowest BCUT2D eigenvalue weighted by Gasteiger charge is -2.11. The minimum Gasteiger partial charge on any atom is -0.496 e. The van der Waals surface area contributed by atoms with Crippen LogP contribution in [0.15, 0.2) is 48.5 Å². The van der Waals surface area contributed by atoms with E-state index in [2.05, 4.69) is 5.32 Å². The quantitative estimate of drug-likeness (QED) is 0.829. The van der Waals surface area contributed by atoms with Gasteiger partial charge >= 0.3 is 0 Å². The van der Waals surface area contributed by atoms with Crippen LogP contribution in [0.2, 0.25) is 0 Å². The van der Waals surface area contributed by atoms with Crippen LogP contribution in [0.25, 0.3) is 0 Å². The van der Waals surface area contributed by atoms with Crippen LogP contribution in [0.4, 0.5) is 5.69 Å². The number of rotatable bonds is 5. The molecule has 0 saturated carbocycles. The molecule has 0 amide bonds. The molecule has 4 nitrogen and oxygen atoms in total. The number of methoxy groups -OCH3 is 1. The van der Waals surface area contributed by atoms with Gasteiger partial charge in [-0.2, -0.15) is 0 Å². The number of para-hydroxylation sites is 1. The summed E-state index contributed by atoms with van der Waals surface area (Å²) in [5, 5.41) is 3.10. The first-order valence-electron chi connectivity index (χ1n) is 6.10. The van der Waals surface area contributed by atoms with Crippen LogP contribution < -0.4 is 20.5 Å². The van der Waals surface area contributed by atoms with Gasteiger partial charge in [-0.3, -0.25) is 0 Å². The standard InChI is InChI=1S/C15H16N2O2S/c1-18-14-8-3-2-5-11(14)10-19-13-7-4-6-12(9-13)17-15(16)20/h2-9H,10H2,1H3,(H3,16,17,20). The summed E-state index contributed by atoms with van der Waals surface area (Å²) in [4.78, 5) is 0. The third-order valence-electron chi connectivity index (χ3n) is 2.69. The first kappa shape index (κ1) is 14.1. The minimum atomic E-state index is 0.229. The van der Waals surface area contributed by atoms with Crippen LogP contribution in [0.1, 0.15) is 5.56 Å². The Kier molecular flexibility index (Phi) is 4.79. The summed E-state index contributed by atoms with van der Waals surface area (Å²) in [6.45, 7) is 0.431. The van der Waals surface area contributed by atoms with Gasteiger partial charge in [-0.15, -0.1) is 0 Å². The summed E-state index contributed by atoms with van der Waals surface area (Å²) in [6.07, 6.45) is 0. The molecule has 2 aromatic rings. The van der Waals surface area contributed by atoms with E-state index < -0.39 is 0 Å². The fraction of sp³-hybridized carbons (Fsp3) is 0.133. The number of ether oxygens (including phenoxy) is 2. The van der Waals surface area contributed by atoms with Gasteiger partial charge in [-0.05, 0) is 30.4 Å². The maximum absolute atomic E-state index is 5.75. The number of hydrogen-bond acceptors (Lipinski definition) is 3. The summed E-state index contributed by atoms with van der Waals surface area (Å²) >= 11 is 4.80. The molecule has 2 rings (SSSR count). The number of nitrogens with two attached hydrogens (primary N) is 1. The Hall–Kier alpha value is -2.27. The molecule has 0 aliphatic heterocycles. The van der Waals surface area contributed by atoms with E-state index in [1.54, 1.807) is 7.11 Å². The van der Waals surface area contributed by atoms with Crippen LogP contribution >= 0.6 is 12.2 Å². The molecule has 0 fully saturated rings. The Balaban J connectivity index is 2.05. The van der Waals surface area contributed by atoms with Crippen molar-refractivity contribution in [2.75, 3.05) is 12.4 Å². The molecule has 2 aromatic carbocycles. The third kappa shape index (κ3) is 3.86. The first-order chi connectivity index (χ1) is 9.69. The zero-order chi connectivity index (χ0) is 14.4. The Morgan fingerprint density at radius 1 is 1.20 bits per heavy atom. The van der Waals surface area contributed by atoms with E-state index in [0.717, 1.165) is 22.7 Å². The lowest BCUT2D eigenvalue weighted by Crippen LogP contribution is -2.18. The highest BCUT2D eigenvalue weighted by molar-refractivity contribution is 7.80. The van der Waals surface area contributed by atoms with E-state index in [4.69, 9.17) is 27.4 Å². The monoisotopic (exact) mass is 288 g/mol. The lowest BCUT2D eigenvalue weighted by atomic mass is 10.2. The number of hydrogen-bond donors (Lipinski definition) is 2. The van der Waals surface area contributed by atoms with Gasteiger partial charge in [-0.25, -0.2) is 0 Å². The summed E-state index contributed by atoms with van der Waals surface area (Å²) in [5.41, 5.74) is 7.23. The second-order valence-corrected chi connectivity index (χ2v) is 4.56. The number of thiocarbonyl (C=S) groups is 1. The highest BCUT2D eigenvalue weighted by Gasteiger charge is 2.03. The van der Waals surface area contributed by atoms with Crippen LogP contribution in [0, 0.1) is 0 Å². The van der Waals surface area contributed by atoms with Gasteiger partial charge in [-0.1, -0.05) is 24.3 Å². The molecule has 0 spiro atoms. The summed E-state index contributed by atoms with van der Waals surface area (Å²) in [5.74, 6) is 1.54. The normalized spacial score (nSPS) is 9.85. The molecule has 5 heteroatoms. The molecule has 0 unspecified atom stereocenters. The molecule has 0 aliphatic rings. The van der Waals surface area contributed by atoms with Crippen molar-refractivity contribution in [2.24, 2.45) is 5.73 Å². The van der Waals surface area contributed by atoms with Crippen molar-refractivity contribution in [2.45, 2.75) is 6.61 Å². The van der Waals surface area contributed by atoms with Crippen molar-refractivity contribution in [3.8, 4) is 11.5 Å². The molecule has 0 aromatic heterocycles. The second kappa shape index (κ2) is 6.77. The molecule has 3 N–H and O–H groups in total. The van der Waals surface area contributed by atoms with E-state index >= 15 is 0 Å². The Morgan fingerprint density at radius 2 is 2.00 bits per heavy atom. The summed E-state index contributed by atoms with van der Waals surface area (Å²) < 4.78 is 11.0. The predicted molar refractivity (Wildman–Crippen MR) is 84.2 cm³/mol. The van der Waals surface area contributed by atoms with Crippen molar-refractivity contribution >= 4 is 23.0 Å². The van der Waals surface area contributed by atoms with Gasteiger partial charge in [0.25, 0.3) is 0 Å². The highest BCUT2D eigenvalue weighted by Crippen LogP contribution is 2.22. The average Bonchev–Trinajstić information content (AvgIpc) is 2.45. The smallest absolute Gasteiger partial charge is 0.168 e. The molecular formula is C15H16N2O2S. The molecule has 0 radical (unpaired) electrons. The van der Waals surface area contributed by atoms with Crippen LogP contribution in [0.5, 0.6) is 11.5 Å². The maximum Gasteiger partial charge on any atom is 0.168 e. The topological polar surface area (TPSA) is 56.5 Å². The van der Waals surface area contributed by atoms with Crippen molar-refractivity contribution in [3.63, 3.8) is 0 Å². The zero-order valence-electron chi connectivity index (χ0n) is 11.1. The van der Waals surface area contributed by atoms with Crippen molar-refractivity contribution < 1.29 is 9.47 Å². The number of anilines is 1. The lowest BCUT2D eigenvalue weighted by molar-refractivity contribution is 0.297. The molecule has 0 heterocycles. The van der Waals surface area contributed by atoms with Gasteiger partial charge in [0.1, 0.15) is 18.1 Å². The maximum atomic E-state index is 5.75. The van der Waals surface area contributed by atoms with E-state index in [9.17, 15) is 0 Å². The fourth-order valence-electron chi connectivity index (χ4n) is 1.79. The van der Waals surface area contributed by atoms with Crippen LogP contribution in [-0.4, -0.2) is 12.2 Å². The Morgan fingerprint density at radius 3 is 2.75 bits per heavy atom. The van der Waals surface area contributed by atoms with Gasteiger partial charge in [0.05, 0.1) is 7.11 Å². The van der Waals surface area contributed by atoms with Crippen LogP contribution in [-0.2, 0) is 6.61 Å². The summed E-state index contributed by atoms with van der Waals surface area (Å²) in [6, 6.07) is 15.2. The second-order valence-electron chi connectivity index (χ2n) is 4.12. The van der Waals surface area contributed by atoms with Crippen molar-refractivity contribution in [1.29, 1.82) is 0 Å². The third-order valence-corrected chi connectivity index (χ3v) is 2.79.